The van der Waals surface area contributed by atoms with Gasteiger partial charge < -0.3 is 10.3 Å². The minimum Gasteiger partial charge on any atom is -0.353 e. The third kappa shape index (κ3) is 3.74. The summed E-state index contributed by atoms with van der Waals surface area (Å²) < 4.78 is 0. The van der Waals surface area contributed by atoms with Gasteiger partial charge in [0.15, 0.2) is 0 Å². The van der Waals surface area contributed by atoms with Gasteiger partial charge in [0, 0.05) is 42.0 Å². The van der Waals surface area contributed by atoms with E-state index in [1.807, 2.05) is 30.3 Å². The molecular weight excluding hydrogens is 360 g/mol. The Balaban J connectivity index is 1.23. The Hall–Kier alpha value is -3.18. The molecule has 0 aliphatic carbocycles. The molecule has 0 atom stereocenters. The van der Waals surface area contributed by atoms with Crippen LogP contribution in [0.3, 0.4) is 0 Å². The van der Waals surface area contributed by atoms with Gasteiger partial charge in [-0.05, 0) is 30.5 Å². The number of rotatable bonds is 4. The molecule has 5 rings (SSSR count). The van der Waals surface area contributed by atoms with Gasteiger partial charge in [-0.3, -0.25) is 9.69 Å². The Labute approximate surface area is 169 Å². The van der Waals surface area contributed by atoms with Gasteiger partial charge in [-0.15, -0.1) is 0 Å². The molecule has 2 aromatic carbocycles. The summed E-state index contributed by atoms with van der Waals surface area (Å²) in [7, 11) is 0. The van der Waals surface area contributed by atoms with Gasteiger partial charge in [0.05, 0.1) is 11.7 Å². The number of benzene rings is 2. The third-order valence-corrected chi connectivity index (χ3v) is 5.79. The number of para-hydroxylation sites is 1. The number of fused-ring (bicyclic) bond motifs is 3. The zero-order chi connectivity index (χ0) is 19.6. The number of H-pyrrole nitrogens is 1. The first-order valence-electron chi connectivity index (χ1n) is 10.2. The van der Waals surface area contributed by atoms with Gasteiger partial charge in [0.2, 0.25) is 0 Å². The number of carbonyl (C=O) groups excluding carboxylic acids is 1. The van der Waals surface area contributed by atoms with Crippen molar-refractivity contribution in [3.05, 3.63) is 78.1 Å². The van der Waals surface area contributed by atoms with Crippen molar-refractivity contribution >= 4 is 27.7 Å². The molecule has 1 fully saturated rings. The number of nitrogens with one attached hydrogen (secondary N) is 2. The van der Waals surface area contributed by atoms with E-state index < -0.39 is 0 Å². The molecule has 5 heteroatoms. The van der Waals surface area contributed by atoms with Gasteiger partial charge >= 0.3 is 0 Å². The first-order valence-corrected chi connectivity index (χ1v) is 10.2. The van der Waals surface area contributed by atoms with Crippen LogP contribution >= 0.6 is 0 Å². The van der Waals surface area contributed by atoms with E-state index in [9.17, 15) is 4.79 Å². The van der Waals surface area contributed by atoms with Crippen molar-refractivity contribution in [1.82, 2.24) is 20.2 Å². The van der Waals surface area contributed by atoms with Gasteiger partial charge in [-0.25, -0.2) is 4.98 Å². The molecule has 2 N–H and O–H groups in total. The third-order valence-electron chi connectivity index (χ3n) is 5.79. The van der Waals surface area contributed by atoms with Crippen LogP contribution in [-0.4, -0.2) is 39.9 Å². The Kier molecular flexibility index (Phi) is 4.74. The highest BCUT2D eigenvalue weighted by molar-refractivity contribution is 6.09. The maximum absolute atomic E-state index is 12.8. The van der Waals surface area contributed by atoms with E-state index in [4.69, 9.17) is 0 Å². The van der Waals surface area contributed by atoms with Crippen molar-refractivity contribution in [3.63, 3.8) is 0 Å². The zero-order valence-electron chi connectivity index (χ0n) is 16.3. The van der Waals surface area contributed by atoms with Gasteiger partial charge in [-0.1, -0.05) is 48.5 Å². The summed E-state index contributed by atoms with van der Waals surface area (Å²) in [6, 6.07) is 20.8. The maximum Gasteiger partial charge on any atom is 0.270 e. The van der Waals surface area contributed by atoms with Crippen LogP contribution in [0.5, 0.6) is 0 Å². The minimum absolute atomic E-state index is 0.0845. The van der Waals surface area contributed by atoms with E-state index in [1.165, 1.54) is 5.56 Å². The molecule has 0 spiro atoms. The van der Waals surface area contributed by atoms with Gasteiger partial charge in [-0.2, -0.15) is 0 Å². The van der Waals surface area contributed by atoms with Crippen LogP contribution < -0.4 is 5.32 Å². The second-order valence-corrected chi connectivity index (χ2v) is 7.80. The predicted octanol–water partition coefficient (Wildman–Crippen LogP) is 4.11. The average molecular weight is 384 g/mol. The molecule has 1 amide bonds. The SMILES string of the molecule is O=C(NC1CCN(Cc2ccccc2)CC1)c1cc2c(cn1)[nH]c1ccccc12. The average Bonchev–Trinajstić information content (AvgIpc) is 3.14. The van der Waals surface area contributed by atoms with E-state index in [2.05, 4.69) is 50.5 Å². The summed E-state index contributed by atoms with van der Waals surface area (Å²) in [6.45, 7) is 2.96. The predicted molar refractivity (Wildman–Crippen MR) is 116 cm³/mol. The molecule has 0 unspecified atom stereocenters. The quantitative estimate of drug-likeness (QED) is 0.557. The maximum atomic E-state index is 12.8. The molecule has 0 saturated carbocycles. The standard InChI is InChI=1S/C24H24N4O/c29-24(22-14-20-19-8-4-5-9-21(19)27-23(20)15-25-22)26-18-10-12-28(13-11-18)16-17-6-2-1-3-7-17/h1-9,14-15,18,27H,10-13,16H2,(H,26,29). The van der Waals surface area contributed by atoms with Crippen LogP contribution in [0.2, 0.25) is 0 Å². The summed E-state index contributed by atoms with van der Waals surface area (Å²) >= 11 is 0. The van der Waals surface area contributed by atoms with Crippen molar-refractivity contribution in [2.75, 3.05) is 13.1 Å². The number of likely N-dealkylation sites (tertiary alicyclic amines) is 1. The fraction of sp³-hybridized carbons (Fsp3) is 0.250. The van der Waals surface area contributed by atoms with Crippen molar-refractivity contribution < 1.29 is 4.79 Å². The van der Waals surface area contributed by atoms with Crippen LogP contribution in [0, 0.1) is 0 Å². The molecule has 3 heterocycles. The molecule has 1 aliphatic heterocycles. The monoisotopic (exact) mass is 384 g/mol. The number of aromatic amines is 1. The Morgan fingerprint density at radius 2 is 1.76 bits per heavy atom. The number of piperidine rings is 1. The lowest BCUT2D eigenvalue weighted by Gasteiger charge is -2.32. The van der Waals surface area contributed by atoms with E-state index in [0.29, 0.717) is 5.69 Å². The molecule has 146 valence electrons. The minimum atomic E-state index is -0.0845. The Morgan fingerprint density at radius 1 is 1.00 bits per heavy atom. The normalized spacial score (nSPS) is 15.7. The topological polar surface area (TPSA) is 61.0 Å². The van der Waals surface area contributed by atoms with Crippen molar-refractivity contribution in [2.45, 2.75) is 25.4 Å². The van der Waals surface area contributed by atoms with Gasteiger partial charge in [0.1, 0.15) is 5.69 Å². The number of nitrogens with zero attached hydrogens (tertiary/aromatic N) is 2. The summed E-state index contributed by atoms with van der Waals surface area (Å²) in [5, 5.41) is 5.35. The lowest BCUT2D eigenvalue weighted by Crippen LogP contribution is -2.44. The first kappa shape index (κ1) is 17.9. The van der Waals surface area contributed by atoms with Crippen LogP contribution in [0.15, 0.2) is 66.9 Å². The molecule has 4 aromatic rings. The van der Waals surface area contributed by atoms with Crippen LogP contribution in [0.4, 0.5) is 0 Å². The van der Waals surface area contributed by atoms with Crippen LogP contribution in [0.25, 0.3) is 21.8 Å². The lowest BCUT2D eigenvalue weighted by molar-refractivity contribution is 0.0904. The zero-order valence-corrected chi connectivity index (χ0v) is 16.3. The Morgan fingerprint density at radius 3 is 2.59 bits per heavy atom. The molecule has 1 saturated heterocycles. The van der Waals surface area contributed by atoms with Gasteiger partial charge in [0.25, 0.3) is 5.91 Å². The highest BCUT2D eigenvalue weighted by atomic mass is 16.1. The van der Waals surface area contributed by atoms with E-state index >= 15 is 0 Å². The fourth-order valence-corrected chi connectivity index (χ4v) is 4.21. The fourth-order valence-electron chi connectivity index (χ4n) is 4.21. The number of pyridine rings is 1. The highest BCUT2D eigenvalue weighted by Gasteiger charge is 2.22. The number of hydrogen-bond acceptors (Lipinski definition) is 3. The molecule has 0 bridgehead atoms. The van der Waals surface area contributed by atoms with Crippen molar-refractivity contribution in [1.29, 1.82) is 0 Å². The molecule has 2 aromatic heterocycles. The molecule has 29 heavy (non-hydrogen) atoms. The summed E-state index contributed by atoms with van der Waals surface area (Å²) in [5.41, 5.74) is 3.84. The number of carbonyl (C=O) groups is 1. The summed E-state index contributed by atoms with van der Waals surface area (Å²) in [6.07, 6.45) is 3.69. The van der Waals surface area contributed by atoms with E-state index in [0.717, 1.165) is 54.3 Å². The largest absolute Gasteiger partial charge is 0.353 e. The van der Waals surface area contributed by atoms with Crippen LogP contribution in [-0.2, 0) is 6.54 Å². The van der Waals surface area contributed by atoms with E-state index in [1.54, 1.807) is 6.20 Å². The number of aromatic nitrogens is 2. The summed E-state index contributed by atoms with van der Waals surface area (Å²) in [5.74, 6) is -0.0845. The van der Waals surface area contributed by atoms with Crippen LogP contribution in [0.1, 0.15) is 28.9 Å². The van der Waals surface area contributed by atoms with Crippen molar-refractivity contribution in [2.24, 2.45) is 0 Å². The lowest BCUT2D eigenvalue weighted by atomic mass is 10.0. The highest BCUT2D eigenvalue weighted by Crippen LogP contribution is 2.25. The number of hydrogen-bond donors (Lipinski definition) is 2. The summed E-state index contributed by atoms with van der Waals surface area (Å²) in [4.78, 5) is 23.0. The number of amides is 1. The van der Waals surface area contributed by atoms with E-state index in [-0.39, 0.29) is 11.9 Å². The Bertz CT molecular complexity index is 1140. The van der Waals surface area contributed by atoms with Crippen molar-refractivity contribution in [3.8, 4) is 0 Å². The second kappa shape index (κ2) is 7.68. The molecular formula is C24H24N4O. The smallest absolute Gasteiger partial charge is 0.270 e. The molecule has 1 aliphatic rings. The molecule has 5 nitrogen and oxygen atoms in total. The molecule has 0 radical (unpaired) electrons. The first-order chi connectivity index (χ1) is 14.3. The second-order valence-electron chi connectivity index (χ2n) is 7.80.